The molecule has 0 radical (unpaired) electrons. The van der Waals surface area contributed by atoms with Gasteiger partial charge in [-0.25, -0.2) is 4.68 Å². The van der Waals surface area contributed by atoms with Gasteiger partial charge in [0, 0.05) is 12.3 Å². The molecule has 0 bridgehead atoms. The highest BCUT2D eigenvalue weighted by Crippen LogP contribution is 2.29. The minimum absolute atomic E-state index is 0.0878. The summed E-state index contributed by atoms with van der Waals surface area (Å²) in [6, 6.07) is 2.99. The van der Waals surface area contributed by atoms with Crippen molar-refractivity contribution in [2.24, 2.45) is 0 Å². The van der Waals surface area contributed by atoms with Gasteiger partial charge in [0.1, 0.15) is 0 Å². The molecule has 0 saturated carbocycles. The van der Waals surface area contributed by atoms with E-state index < -0.39 is 11.7 Å². The molecule has 18 heavy (non-hydrogen) atoms. The third-order valence-electron chi connectivity index (χ3n) is 2.22. The number of rotatable bonds is 2. The minimum atomic E-state index is -4.45. The standard InChI is InChI=1S/C10H9F3N4O/c1-18-8-3-2-7(14)9(16-8)17-5-6(4-15-17)10(11,12)13/h2-5H,14H2,1H3. The van der Waals surface area contributed by atoms with Crippen molar-refractivity contribution in [1.82, 2.24) is 14.8 Å². The molecular formula is C10H9F3N4O. The average Bonchev–Trinajstić information content (AvgIpc) is 2.78. The molecule has 0 amide bonds. The fourth-order valence-electron chi connectivity index (χ4n) is 1.32. The van der Waals surface area contributed by atoms with E-state index in [0.717, 1.165) is 10.9 Å². The van der Waals surface area contributed by atoms with Crippen molar-refractivity contribution in [1.29, 1.82) is 0 Å². The van der Waals surface area contributed by atoms with E-state index in [-0.39, 0.29) is 17.4 Å². The van der Waals surface area contributed by atoms with Gasteiger partial charge in [0.25, 0.3) is 0 Å². The van der Waals surface area contributed by atoms with Crippen LogP contribution in [0.1, 0.15) is 5.56 Å². The van der Waals surface area contributed by atoms with Crippen LogP contribution in [-0.4, -0.2) is 21.9 Å². The topological polar surface area (TPSA) is 66.0 Å². The van der Waals surface area contributed by atoms with E-state index in [1.54, 1.807) is 0 Å². The Morgan fingerprint density at radius 2 is 2.06 bits per heavy atom. The van der Waals surface area contributed by atoms with Crippen molar-refractivity contribution in [3.05, 3.63) is 30.1 Å². The number of anilines is 1. The maximum Gasteiger partial charge on any atom is 0.419 e. The van der Waals surface area contributed by atoms with Crippen molar-refractivity contribution < 1.29 is 17.9 Å². The molecule has 8 heteroatoms. The summed E-state index contributed by atoms with van der Waals surface area (Å²) in [6.07, 6.45) is -2.93. The number of nitrogen functional groups attached to an aromatic ring is 1. The van der Waals surface area contributed by atoms with Crippen LogP contribution >= 0.6 is 0 Å². The monoisotopic (exact) mass is 258 g/mol. The largest absolute Gasteiger partial charge is 0.481 e. The summed E-state index contributed by atoms with van der Waals surface area (Å²) >= 11 is 0. The van der Waals surface area contributed by atoms with Gasteiger partial charge in [0.05, 0.1) is 24.6 Å². The highest BCUT2D eigenvalue weighted by atomic mass is 19.4. The molecule has 5 nitrogen and oxygen atoms in total. The summed E-state index contributed by atoms with van der Waals surface area (Å²) in [6.45, 7) is 0. The molecule has 96 valence electrons. The molecule has 0 aromatic carbocycles. The first-order valence-corrected chi connectivity index (χ1v) is 4.84. The van der Waals surface area contributed by atoms with E-state index in [1.807, 2.05) is 0 Å². The van der Waals surface area contributed by atoms with Crippen LogP contribution in [0.3, 0.4) is 0 Å². The fraction of sp³-hybridized carbons (Fsp3) is 0.200. The van der Waals surface area contributed by atoms with Crippen molar-refractivity contribution in [3.63, 3.8) is 0 Å². The summed E-state index contributed by atoms with van der Waals surface area (Å²) in [7, 11) is 1.40. The van der Waals surface area contributed by atoms with E-state index in [4.69, 9.17) is 10.5 Å². The van der Waals surface area contributed by atoms with Gasteiger partial charge in [-0.1, -0.05) is 0 Å². The van der Waals surface area contributed by atoms with Gasteiger partial charge < -0.3 is 10.5 Å². The predicted octanol–water partition coefficient (Wildman–Crippen LogP) is 1.88. The second kappa shape index (κ2) is 4.21. The molecule has 2 rings (SSSR count). The second-order valence-corrected chi connectivity index (χ2v) is 3.44. The van der Waals surface area contributed by atoms with Gasteiger partial charge in [-0.3, -0.25) is 0 Å². The highest BCUT2D eigenvalue weighted by Gasteiger charge is 2.32. The smallest absolute Gasteiger partial charge is 0.419 e. The molecule has 0 spiro atoms. The van der Waals surface area contributed by atoms with Crippen LogP contribution in [0, 0.1) is 0 Å². The van der Waals surface area contributed by atoms with Gasteiger partial charge in [0.2, 0.25) is 5.88 Å². The van der Waals surface area contributed by atoms with Gasteiger partial charge in [-0.15, -0.1) is 0 Å². The van der Waals surface area contributed by atoms with Crippen LogP contribution < -0.4 is 10.5 Å². The van der Waals surface area contributed by atoms with Crippen LogP contribution in [0.25, 0.3) is 5.82 Å². The number of halogens is 3. The Morgan fingerprint density at radius 1 is 1.33 bits per heavy atom. The number of alkyl halides is 3. The molecule has 0 saturated heterocycles. The summed E-state index contributed by atoms with van der Waals surface area (Å²) in [5, 5.41) is 3.59. The molecule has 2 aromatic rings. The zero-order valence-corrected chi connectivity index (χ0v) is 9.27. The average molecular weight is 258 g/mol. The third-order valence-corrected chi connectivity index (χ3v) is 2.22. The number of ether oxygens (including phenoxy) is 1. The summed E-state index contributed by atoms with van der Waals surface area (Å²) in [4.78, 5) is 3.94. The maximum absolute atomic E-state index is 12.4. The second-order valence-electron chi connectivity index (χ2n) is 3.44. The number of nitrogens with zero attached hydrogens (tertiary/aromatic N) is 3. The Kier molecular flexibility index (Phi) is 2.85. The molecular weight excluding hydrogens is 249 g/mol. The molecule has 2 aromatic heterocycles. The number of hydrogen-bond acceptors (Lipinski definition) is 4. The number of nitrogens with two attached hydrogens (primary N) is 1. The predicted molar refractivity (Wildman–Crippen MR) is 57.3 cm³/mol. The molecule has 0 aliphatic rings. The van der Waals surface area contributed by atoms with Crippen LogP contribution in [0.2, 0.25) is 0 Å². The Balaban J connectivity index is 2.45. The normalized spacial score (nSPS) is 11.6. The van der Waals surface area contributed by atoms with E-state index >= 15 is 0 Å². The first kappa shape index (κ1) is 12.2. The van der Waals surface area contributed by atoms with Crippen LogP contribution in [0.4, 0.5) is 18.9 Å². The quantitative estimate of drug-likeness (QED) is 0.893. The lowest BCUT2D eigenvalue weighted by Crippen LogP contribution is -2.05. The number of pyridine rings is 1. The van der Waals surface area contributed by atoms with Crippen molar-refractivity contribution in [2.45, 2.75) is 6.18 Å². The van der Waals surface area contributed by atoms with Crippen molar-refractivity contribution in [2.75, 3.05) is 12.8 Å². The summed E-state index contributed by atoms with van der Waals surface area (Å²) in [5.74, 6) is 0.327. The fourth-order valence-corrected chi connectivity index (χ4v) is 1.32. The van der Waals surface area contributed by atoms with Crippen molar-refractivity contribution in [3.8, 4) is 11.7 Å². The van der Waals surface area contributed by atoms with Crippen LogP contribution in [0.15, 0.2) is 24.5 Å². The van der Waals surface area contributed by atoms with Gasteiger partial charge in [0.15, 0.2) is 5.82 Å². The zero-order valence-electron chi connectivity index (χ0n) is 9.27. The maximum atomic E-state index is 12.4. The lowest BCUT2D eigenvalue weighted by Gasteiger charge is -2.06. The van der Waals surface area contributed by atoms with Gasteiger partial charge in [-0.05, 0) is 6.07 Å². The molecule has 0 aliphatic heterocycles. The Bertz CT molecular complexity index is 564. The molecule has 0 atom stereocenters. The zero-order chi connectivity index (χ0) is 13.3. The SMILES string of the molecule is COc1ccc(N)c(-n2cc(C(F)(F)F)cn2)n1. The summed E-state index contributed by atoms with van der Waals surface area (Å²) < 4.78 is 43.1. The molecule has 0 aliphatic carbocycles. The van der Waals surface area contributed by atoms with E-state index in [0.29, 0.717) is 6.20 Å². The Labute approximate surface area is 100.0 Å². The van der Waals surface area contributed by atoms with Crippen LogP contribution in [0.5, 0.6) is 5.88 Å². The number of hydrogen-bond donors (Lipinski definition) is 1. The van der Waals surface area contributed by atoms with Gasteiger partial charge >= 0.3 is 6.18 Å². The van der Waals surface area contributed by atoms with Crippen LogP contribution in [-0.2, 0) is 6.18 Å². The molecule has 2 N–H and O–H groups in total. The molecule has 0 unspecified atom stereocenters. The Hall–Kier alpha value is -2.25. The highest BCUT2D eigenvalue weighted by molar-refractivity contribution is 5.54. The molecule has 0 fully saturated rings. The van der Waals surface area contributed by atoms with Gasteiger partial charge in [-0.2, -0.15) is 23.3 Å². The summed E-state index contributed by atoms with van der Waals surface area (Å²) in [5.41, 5.74) is 4.97. The minimum Gasteiger partial charge on any atom is -0.481 e. The Morgan fingerprint density at radius 3 is 2.61 bits per heavy atom. The lowest BCUT2D eigenvalue weighted by atomic mass is 10.3. The lowest BCUT2D eigenvalue weighted by molar-refractivity contribution is -0.137. The first-order valence-electron chi connectivity index (χ1n) is 4.84. The molecule has 2 heterocycles. The van der Waals surface area contributed by atoms with E-state index in [2.05, 4.69) is 10.1 Å². The van der Waals surface area contributed by atoms with E-state index in [9.17, 15) is 13.2 Å². The number of aromatic nitrogens is 3. The first-order chi connectivity index (χ1) is 8.41. The third kappa shape index (κ3) is 2.22. The number of methoxy groups -OCH3 is 1. The van der Waals surface area contributed by atoms with Crippen molar-refractivity contribution >= 4 is 5.69 Å². The van der Waals surface area contributed by atoms with E-state index in [1.165, 1.54) is 19.2 Å².